The molecule has 0 radical (unpaired) electrons. The third kappa shape index (κ3) is 4.43. The van der Waals surface area contributed by atoms with Crippen LogP contribution in [-0.4, -0.2) is 28.1 Å². The van der Waals surface area contributed by atoms with Crippen molar-refractivity contribution >= 4 is 34.6 Å². The largest absolute Gasteiger partial charge is 0.455 e. The van der Waals surface area contributed by atoms with Crippen molar-refractivity contribution in [2.75, 3.05) is 6.61 Å². The van der Waals surface area contributed by atoms with E-state index in [0.717, 1.165) is 27.2 Å². The average molecular weight is 467 g/mol. The molecule has 6 nitrogen and oxygen atoms in total. The summed E-state index contributed by atoms with van der Waals surface area (Å²) in [6, 6.07) is 17.1. The number of aromatic nitrogens is 2. The maximum atomic E-state index is 6.44. The van der Waals surface area contributed by atoms with E-state index in [1.165, 1.54) is 0 Å². The van der Waals surface area contributed by atoms with Crippen LogP contribution in [0, 0.1) is 6.92 Å². The lowest BCUT2D eigenvalue weighted by molar-refractivity contribution is 0.0623. The van der Waals surface area contributed by atoms with Gasteiger partial charge in [0.25, 0.3) is 0 Å². The van der Waals surface area contributed by atoms with E-state index in [1.807, 2.05) is 49.5 Å². The van der Waals surface area contributed by atoms with Gasteiger partial charge < -0.3 is 4.74 Å². The molecule has 0 bridgehead atoms. The van der Waals surface area contributed by atoms with E-state index in [9.17, 15) is 0 Å². The number of hydrogen-bond acceptors (Lipinski definition) is 5. The van der Waals surface area contributed by atoms with Crippen molar-refractivity contribution in [2.45, 2.75) is 19.4 Å². The van der Waals surface area contributed by atoms with Crippen LogP contribution in [0.3, 0.4) is 0 Å². The van der Waals surface area contributed by atoms with E-state index < -0.39 is 0 Å². The van der Waals surface area contributed by atoms with Crippen LogP contribution < -0.4 is 10.2 Å². The number of fused-ring (bicyclic) bond motifs is 1. The minimum atomic E-state index is -0.0911. The molecule has 0 spiro atoms. The molecule has 5 rings (SSSR count). The van der Waals surface area contributed by atoms with Crippen molar-refractivity contribution in [3.63, 3.8) is 0 Å². The van der Waals surface area contributed by atoms with Gasteiger partial charge in [-0.15, -0.1) is 0 Å². The second kappa shape index (κ2) is 8.82. The highest BCUT2D eigenvalue weighted by atomic mass is 35.5. The number of aliphatic imine (C=N–C) groups is 1. The Morgan fingerprint density at radius 1 is 1.16 bits per heavy atom. The number of hydroxylamine groups is 1. The summed E-state index contributed by atoms with van der Waals surface area (Å²) >= 11 is 12.6. The minimum Gasteiger partial charge on any atom is -0.455 e. The second-order valence-corrected chi connectivity index (χ2v) is 8.50. The Hall–Kier alpha value is -3.06. The highest BCUT2D eigenvalue weighted by Gasteiger charge is 2.22. The van der Waals surface area contributed by atoms with Crippen LogP contribution in [0.4, 0.5) is 0 Å². The van der Waals surface area contributed by atoms with Crippen LogP contribution in [0.1, 0.15) is 16.7 Å². The molecule has 0 saturated heterocycles. The number of hydrogen-bond donors (Lipinski definition) is 1. The summed E-state index contributed by atoms with van der Waals surface area (Å²) in [4.78, 5) is 10.6. The highest BCUT2D eigenvalue weighted by Crippen LogP contribution is 2.29. The quantitative estimate of drug-likeness (QED) is 0.413. The molecule has 1 aliphatic heterocycles. The molecule has 1 unspecified atom stereocenters. The monoisotopic (exact) mass is 466 g/mol. The third-order valence-corrected chi connectivity index (χ3v) is 5.78. The number of amidine groups is 1. The number of aryl methyl sites for hydroxylation is 1. The maximum Gasteiger partial charge on any atom is 0.156 e. The fourth-order valence-electron chi connectivity index (χ4n) is 3.62. The molecule has 4 aromatic rings. The standard InChI is InChI=1S/C24H20Cl2N4O2/c1-15-5-6-16(22(26)9-15)10-18-14-31-29-24(28-18)21-12-19-7-8-27-30(19)13-23(21)32-20-4-2-3-17(25)11-20/h2-9,11-13,18H,10,14H2,1H3,(H,28,29). The molecule has 8 heteroatoms. The Morgan fingerprint density at radius 2 is 2.06 bits per heavy atom. The summed E-state index contributed by atoms with van der Waals surface area (Å²) in [5.41, 5.74) is 6.79. The summed E-state index contributed by atoms with van der Waals surface area (Å²) in [6.07, 6.45) is 4.22. The Morgan fingerprint density at radius 3 is 2.91 bits per heavy atom. The van der Waals surface area contributed by atoms with Gasteiger partial charge in [-0.05, 0) is 60.9 Å². The molecule has 3 heterocycles. The number of nitrogens with one attached hydrogen (secondary N) is 1. The van der Waals surface area contributed by atoms with E-state index in [1.54, 1.807) is 22.8 Å². The van der Waals surface area contributed by atoms with Crippen LogP contribution in [-0.2, 0) is 11.3 Å². The Kier molecular flexibility index (Phi) is 5.74. The van der Waals surface area contributed by atoms with Gasteiger partial charge in [0, 0.05) is 16.2 Å². The summed E-state index contributed by atoms with van der Waals surface area (Å²) < 4.78 is 7.91. The zero-order valence-corrected chi connectivity index (χ0v) is 18.8. The zero-order chi connectivity index (χ0) is 22.1. The molecule has 32 heavy (non-hydrogen) atoms. The Labute approximate surface area is 195 Å². The van der Waals surface area contributed by atoms with Crippen molar-refractivity contribution in [3.8, 4) is 11.5 Å². The fourth-order valence-corrected chi connectivity index (χ4v) is 4.12. The van der Waals surface area contributed by atoms with E-state index >= 15 is 0 Å². The Bertz CT molecular complexity index is 1320. The first kappa shape index (κ1) is 20.8. The smallest absolute Gasteiger partial charge is 0.156 e. The zero-order valence-electron chi connectivity index (χ0n) is 17.3. The van der Waals surface area contributed by atoms with Crippen LogP contribution in [0.2, 0.25) is 10.0 Å². The lowest BCUT2D eigenvalue weighted by Crippen LogP contribution is -2.36. The number of halogens is 2. The average Bonchev–Trinajstić information content (AvgIpc) is 3.23. The van der Waals surface area contributed by atoms with Gasteiger partial charge in [-0.3, -0.25) is 9.83 Å². The molecule has 1 N–H and O–H groups in total. The van der Waals surface area contributed by atoms with E-state index in [2.05, 4.69) is 16.6 Å². The van der Waals surface area contributed by atoms with Crippen LogP contribution in [0.25, 0.3) is 5.52 Å². The van der Waals surface area contributed by atoms with Crippen molar-refractivity contribution in [1.29, 1.82) is 0 Å². The van der Waals surface area contributed by atoms with E-state index in [4.69, 9.17) is 37.8 Å². The maximum absolute atomic E-state index is 6.44. The van der Waals surface area contributed by atoms with Gasteiger partial charge in [0.2, 0.25) is 0 Å². The van der Waals surface area contributed by atoms with E-state index in [-0.39, 0.29) is 6.04 Å². The predicted octanol–water partition coefficient (Wildman–Crippen LogP) is 5.63. The van der Waals surface area contributed by atoms with Crippen molar-refractivity contribution in [3.05, 3.63) is 93.7 Å². The van der Waals surface area contributed by atoms with Gasteiger partial charge in [0.15, 0.2) is 11.6 Å². The number of rotatable bonds is 5. The van der Waals surface area contributed by atoms with Gasteiger partial charge in [-0.1, -0.05) is 41.4 Å². The van der Waals surface area contributed by atoms with Gasteiger partial charge in [-0.2, -0.15) is 5.10 Å². The Balaban J connectivity index is 1.50. The predicted molar refractivity (Wildman–Crippen MR) is 126 cm³/mol. The first-order chi connectivity index (χ1) is 15.5. The molecule has 1 aliphatic rings. The van der Waals surface area contributed by atoms with Crippen molar-refractivity contribution in [1.82, 2.24) is 15.1 Å². The summed E-state index contributed by atoms with van der Waals surface area (Å²) in [5.74, 6) is 1.78. The number of pyridine rings is 1. The van der Waals surface area contributed by atoms with Crippen LogP contribution >= 0.6 is 23.2 Å². The van der Waals surface area contributed by atoms with E-state index in [0.29, 0.717) is 35.4 Å². The topological polar surface area (TPSA) is 60.2 Å². The summed E-state index contributed by atoms with van der Waals surface area (Å²) in [5, 5.41) is 5.65. The molecular formula is C24H20Cl2N4O2. The van der Waals surface area contributed by atoms with Crippen molar-refractivity contribution in [2.24, 2.45) is 4.99 Å². The molecule has 0 aliphatic carbocycles. The fraction of sp³-hybridized carbons (Fsp3) is 0.167. The van der Waals surface area contributed by atoms with Gasteiger partial charge in [0.1, 0.15) is 5.75 Å². The summed E-state index contributed by atoms with van der Waals surface area (Å²) in [7, 11) is 0. The number of benzene rings is 2. The molecule has 2 aromatic carbocycles. The highest BCUT2D eigenvalue weighted by molar-refractivity contribution is 6.31. The van der Waals surface area contributed by atoms with Gasteiger partial charge in [-0.25, -0.2) is 10.00 Å². The number of nitrogens with zero attached hydrogens (tertiary/aromatic N) is 3. The molecule has 162 valence electrons. The minimum absolute atomic E-state index is 0.0911. The molecule has 0 amide bonds. The molecule has 0 fully saturated rings. The third-order valence-electron chi connectivity index (χ3n) is 5.20. The second-order valence-electron chi connectivity index (χ2n) is 7.66. The SMILES string of the molecule is Cc1ccc(CC2CONC(c3cc4ccnn4cc3Oc3cccc(Cl)c3)=N2)c(Cl)c1. The van der Waals surface area contributed by atoms with Gasteiger partial charge in [0.05, 0.1) is 29.9 Å². The molecular weight excluding hydrogens is 447 g/mol. The first-order valence-electron chi connectivity index (χ1n) is 10.2. The normalized spacial score (nSPS) is 16.0. The number of ether oxygens (including phenoxy) is 1. The van der Waals surface area contributed by atoms with Gasteiger partial charge >= 0.3 is 0 Å². The lowest BCUT2D eigenvalue weighted by Gasteiger charge is -2.23. The summed E-state index contributed by atoms with van der Waals surface area (Å²) in [6.45, 7) is 2.46. The lowest BCUT2D eigenvalue weighted by atomic mass is 10.0. The first-order valence-corrected chi connectivity index (χ1v) is 10.9. The van der Waals surface area contributed by atoms with Crippen LogP contribution in [0.15, 0.2) is 72.0 Å². The van der Waals surface area contributed by atoms with Crippen molar-refractivity contribution < 1.29 is 9.57 Å². The van der Waals surface area contributed by atoms with Crippen LogP contribution in [0.5, 0.6) is 11.5 Å². The molecule has 2 aromatic heterocycles. The molecule has 1 atom stereocenters. The molecule has 0 saturated carbocycles.